The summed E-state index contributed by atoms with van der Waals surface area (Å²) in [7, 11) is 0. The molecule has 0 amide bonds. The summed E-state index contributed by atoms with van der Waals surface area (Å²) in [5.41, 5.74) is 2.97. The third-order valence-corrected chi connectivity index (χ3v) is 4.51. The number of hydrogen-bond donors (Lipinski definition) is 1. The standard InChI is InChI=1S/C16H23N/c1-12(14-3-2-4-14)17-11-13-5-7-15(8-6-13)16-9-10-16/h5-8,12,14,16-17H,2-4,9-11H2,1H3. The van der Waals surface area contributed by atoms with Crippen molar-refractivity contribution in [2.75, 3.05) is 0 Å². The fourth-order valence-corrected chi connectivity index (χ4v) is 2.71. The quantitative estimate of drug-likeness (QED) is 0.809. The van der Waals surface area contributed by atoms with Crippen LogP contribution in [0.5, 0.6) is 0 Å². The maximum atomic E-state index is 3.67. The van der Waals surface area contributed by atoms with Crippen molar-refractivity contribution in [3.8, 4) is 0 Å². The van der Waals surface area contributed by atoms with Crippen LogP contribution in [-0.4, -0.2) is 6.04 Å². The van der Waals surface area contributed by atoms with Crippen molar-refractivity contribution >= 4 is 0 Å². The Morgan fingerprint density at radius 3 is 2.35 bits per heavy atom. The van der Waals surface area contributed by atoms with Gasteiger partial charge in [-0.15, -0.1) is 0 Å². The molecule has 2 fully saturated rings. The zero-order valence-electron chi connectivity index (χ0n) is 10.8. The molecule has 1 aromatic carbocycles. The van der Waals surface area contributed by atoms with Crippen LogP contribution in [0.1, 0.15) is 56.1 Å². The lowest BCUT2D eigenvalue weighted by Crippen LogP contribution is -2.36. The van der Waals surface area contributed by atoms with E-state index >= 15 is 0 Å². The summed E-state index contributed by atoms with van der Waals surface area (Å²) in [4.78, 5) is 0. The average Bonchev–Trinajstić information content (AvgIpc) is 3.08. The summed E-state index contributed by atoms with van der Waals surface area (Å²) in [5.74, 6) is 1.81. The Morgan fingerprint density at radius 1 is 1.12 bits per heavy atom. The zero-order chi connectivity index (χ0) is 11.7. The molecule has 1 unspecified atom stereocenters. The van der Waals surface area contributed by atoms with Crippen molar-refractivity contribution in [3.05, 3.63) is 35.4 Å². The first-order valence-corrected chi connectivity index (χ1v) is 7.15. The predicted molar refractivity (Wildman–Crippen MR) is 72.1 cm³/mol. The minimum atomic E-state index is 0.687. The van der Waals surface area contributed by atoms with Crippen LogP contribution in [0.2, 0.25) is 0 Å². The highest BCUT2D eigenvalue weighted by Crippen LogP contribution is 2.39. The third kappa shape index (κ3) is 2.71. The predicted octanol–water partition coefficient (Wildman–Crippen LogP) is 3.84. The van der Waals surface area contributed by atoms with Crippen LogP contribution >= 0.6 is 0 Å². The molecule has 0 spiro atoms. The van der Waals surface area contributed by atoms with E-state index in [9.17, 15) is 0 Å². The smallest absolute Gasteiger partial charge is 0.0208 e. The van der Waals surface area contributed by atoms with Crippen molar-refractivity contribution in [3.63, 3.8) is 0 Å². The molecule has 1 N–H and O–H groups in total. The van der Waals surface area contributed by atoms with Crippen molar-refractivity contribution in [2.24, 2.45) is 5.92 Å². The highest BCUT2D eigenvalue weighted by atomic mass is 14.9. The van der Waals surface area contributed by atoms with Gasteiger partial charge in [0.25, 0.3) is 0 Å². The highest BCUT2D eigenvalue weighted by Gasteiger charge is 2.24. The topological polar surface area (TPSA) is 12.0 Å². The zero-order valence-corrected chi connectivity index (χ0v) is 10.8. The molecule has 2 saturated carbocycles. The fraction of sp³-hybridized carbons (Fsp3) is 0.625. The molecule has 1 nitrogen and oxygen atoms in total. The first-order chi connectivity index (χ1) is 8.33. The van der Waals surface area contributed by atoms with Crippen LogP contribution in [0.15, 0.2) is 24.3 Å². The van der Waals surface area contributed by atoms with E-state index in [4.69, 9.17) is 0 Å². The Hall–Kier alpha value is -0.820. The lowest BCUT2D eigenvalue weighted by atomic mass is 9.80. The molecule has 17 heavy (non-hydrogen) atoms. The Kier molecular flexibility index (Phi) is 3.19. The largest absolute Gasteiger partial charge is 0.310 e. The number of nitrogens with one attached hydrogen (secondary N) is 1. The molecule has 2 aliphatic rings. The third-order valence-electron chi connectivity index (χ3n) is 4.51. The van der Waals surface area contributed by atoms with Crippen molar-refractivity contribution < 1.29 is 0 Å². The number of rotatable bonds is 5. The van der Waals surface area contributed by atoms with Crippen LogP contribution in [0, 0.1) is 5.92 Å². The maximum absolute atomic E-state index is 3.67. The molecule has 92 valence electrons. The molecular weight excluding hydrogens is 206 g/mol. The fourth-order valence-electron chi connectivity index (χ4n) is 2.71. The van der Waals surface area contributed by atoms with Crippen LogP contribution in [0.4, 0.5) is 0 Å². The maximum Gasteiger partial charge on any atom is 0.0208 e. The SMILES string of the molecule is CC(NCc1ccc(C2CC2)cc1)C1CCC1. The van der Waals surface area contributed by atoms with E-state index in [1.165, 1.54) is 37.7 Å². The molecule has 1 atom stereocenters. The monoisotopic (exact) mass is 229 g/mol. The van der Waals surface area contributed by atoms with E-state index in [-0.39, 0.29) is 0 Å². The summed E-state index contributed by atoms with van der Waals surface area (Å²) in [5, 5.41) is 3.67. The van der Waals surface area contributed by atoms with Gasteiger partial charge in [-0.25, -0.2) is 0 Å². The minimum absolute atomic E-state index is 0.687. The summed E-state index contributed by atoms with van der Waals surface area (Å²) in [6.45, 7) is 3.37. The molecule has 2 aliphatic carbocycles. The van der Waals surface area contributed by atoms with E-state index in [0.717, 1.165) is 18.4 Å². The van der Waals surface area contributed by atoms with Gasteiger partial charge in [-0.3, -0.25) is 0 Å². The molecule has 1 heteroatoms. The second kappa shape index (κ2) is 4.81. The normalized spacial score (nSPS) is 22.2. The van der Waals surface area contributed by atoms with Gasteiger partial charge >= 0.3 is 0 Å². The van der Waals surface area contributed by atoms with E-state index < -0.39 is 0 Å². The highest BCUT2D eigenvalue weighted by molar-refractivity contribution is 5.28. The Balaban J connectivity index is 1.50. The summed E-state index contributed by atoms with van der Waals surface area (Å²) in [6.07, 6.45) is 7.09. The van der Waals surface area contributed by atoms with Gasteiger partial charge in [0.1, 0.15) is 0 Å². The van der Waals surface area contributed by atoms with Gasteiger partial charge in [0.05, 0.1) is 0 Å². The van der Waals surface area contributed by atoms with Crippen LogP contribution in [-0.2, 0) is 6.54 Å². The van der Waals surface area contributed by atoms with E-state index in [1.807, 2.05) is 0 Å². The van der Waals surface area contributed by atoms with Gasteiger partial charge in [-0.05, 0) is 55.6 Å². The molecule has 3 rings (SSSR count). The van der Waals surface area contributed by atoms with Gasteiger partial charge in [0.15, 0.2) is 0 Å². The Morgan fingerprint density at radius 2 is 1.82 bits per heavy atom. The lowest BCUT2D eigenvalue weighted by molar-refractivity contribution is 0.240. The molecular formula is C16H23N. The molecule has 0 aliphatic heterocycles. The van der Waals surface area contributed by atoms with Crippen molar-refractivity contribution in [1.82, 2.24) is 5.32 Å². The van der Waals surface area contributed by atoms with Crippen molar-refractivity contribution in [1.29, 1.82) is 0 Å². The number of hydrogen-bond acceptors (Lipinski definition) is 1. The average molecular weight is 229 g/mol. The number of benzene rings is 1. The van der Waals surface area contributed by atoms with Gasteiger partial charge in [-0.1, -0.05) is 30.7 Å². The van der Waals surface area contributed by atoms with Gasteiger partial charge < -0.3 is 5.32 Å². The first kappa shape index (κ1) is 11.3. The van der Waals surface area contributed by atoms with Crippen LogP contribution in [0.25, 0.3) is 0 Å². The molecule has 1 aromatic rings. The molecule has 0 aromatic heterocycles. The van der Waals surface area contributed by atoms with Crippen LogP contribution in [0.3, 0.4) is 0 Å². The van der Waals surface area contributed by atoms with Crippen LogP contribution < -0.4 is 5.32 Å². The van der Waals surface area contributed by atoms with E-state index in [2.05, 4.69) is 36.5 Å². The molecule has 0 radical (unpaired) electrons. The Bertz CT molecular complexity index is 360. The van der Waals surface area contributed by atoms with Gasteiger partial charge in [-0.2, -0.15) is 0 Å². The molecule has 0 saturated heterocycles. The second-order valence-corrected chi connectivity index (χ2v) is 5.88. The van der Waals surface area contributed by atoms with Gasteiger partial charge in [0.2, 0.25) is 0 Å². The first-order valence-electron chi connectivity index (χ1n) is 7.15. The Labute approximate surface area is 105 Å². The molecule has 0 bridgehead atoms. The van der Waals surface area contributed by atoms with Crippen molar-refractivity contribution in [2.45, 2.75) is 57.5 Å². The lowest BCUT2D eigenvalue weighted by Gasteiger charge is -2.32. The summed E-state index contributed by atoms with van der Waals surface area (Å²) < 4.78 is 0. The van der Waals surface area contributed by atoms with E-state index in [1.54, 1.807) is 5.56 Å². The summed E-state index contributed by atoms with van der Waals surface area (Å²) >= 11 is 0. The minimum Gasteiger partial charge on any atom is -0.310 e. The van der Waals surface area contributed by atoms with E-state index in [0.29, 0.717) is 6.04 Å². The molecule has 0 heterocycles. The van der Waals surface area contributed by atoms with Gasteiger partial charge in [0, 0.05) is 12.6 Å². The second-order valence-electron chi connectivity index (χ2n) is 5.88. The summed E-state index contributed by atoms with van der Waals surface area (Å²) in [6, 6.07) is 9.93.